The second-order valence-electron chi connectivity index (χ2n) is 7.11. The van der Waals surface area contributed by atoms with Crippen molar-refractivity contribution in [1.82, 2.24) is 10.2 Å². The van der Waals surface area contributed by atoms with Gasteiger partial charge in [-0.3, -0.25) is 9.59 Å². The molecular weight excluding hydrogens is 363 g/mol. The lowest BCUT2D eigenvalue weighted by Gasteiger charge is -2.32. The van der Waals surface area contributed by atoms with E-state index >= 15 is 0 Å². The van der Waals surface area contributed by atoms with Crippen LogP contribution < -0.4 is 5.32 Å². The molecule has 1 saturated heterocycles. The highest BCUT2D eigenvalue weighted by Gasteiger charge is 2.25. The Morgan fingerprint density at radius 2 is 1.89 bits per heavy atom. The third-order valence-electron chi connectivity index (χ3n) is 5.14. The summed E-state index contributed by atoms with van der Waals surface area (Å²) in [5.74, 6) is 0.365. The zero-order valence-electron chi connectivity index (χ0n) is 15.5. The number of benzene rings is 1. The van der Waals surface area contributed by atoms with Gasteiger partial charge in [-0.2, -0.15) is 0 Å². The first-order chi connectivity index (χ1) is 13.0. The average Bonchev–Trinajstić information content (AvgIpc) is 3.11. The number of carbonyl (C=O) groups is 2. The maximum Gasteiger partial charge on any atom is 0.264 e. The highest BCUT2D eigenvalue weighted by Crippen LogP contribution is 2.25. The number of amides is 2. The lowest BCUT2D eigenvalue weighted by molar-refractivity contribution is -0.121. The summed E-state index contributed by atoms with van der Waals surface area (Å²) in [6.45, 7) is 3.92. The molecule has 0 saturated carbocycles. The SMILES string of the molecule is Cc1ccsc1C(=O)N1CCC(CCC(=O)NCc2ccc(F)cc2)CC1. The normalized spacial score (nSPS) is 15.0. The summed E-state index contributed by atoms with van der Waals surface area (Å²) < 4.78 is 12.9. The summed E-state index contributed by atoms with van der Waals surface area (Å²) in [6, 6.07) is 8.13. The molecule has 1 aliphatic rings. The van der Waals surface area contributed by atoms with Crippen LogP contribution in [-0.2, 0) is 11.3 Å². The molecular formula is C21H25FN2O2S. The number of thiophene rings is 1. The lowest BCUT2D eigenvalue weighted by atomic mass is 9.92. The topological polar surface area (TPSA) is 49.4 Å². The van der Waals surface area contributed by atoms with Crippen molar-refractivity contribution in [2.45, 2.75) is 39.2 Å². The molecule has 1 aromatic carbocycles. The van der Waals surface area contributed by atoms with Crippen molar-refractivity contribution in [3.63, 3.8) is 0 Å². The van der Waals surface area contributed by atoms with Gasteiger partial charge in [0.15, 0.2) is 0 Å². The minimum atomic E-state index is -0.274. The molecule has 1 aliphatic heterocycles. The fourth-order valence-corrected chi connectivity index (χ4v) is 4.28. The van der Waals surface area contributed by atoms with Gasteiger partial charge in [-0.25, -0.2) is 4.39 Å². The molecule has 3 rings (SSSR count). The summed E-state index contributed by atoms with van der Waals surface area (Å²) >= 11 is 1.51. The first-order valence-corrected chi connectivity index (χ1v) is 10.3. The number of piperidine rings is 1. The van der Waals surface area contributed by atoms with Crippen LogP contribution in [0.3, 0.4) is 0 Å². The molecule has 2 aromatic rings. The predicted molar refractivity (Wildman–Crippen MR) is 105 cm³/mol. The molecule has 0 bridgehead atoms. The maximum absolute atomic E-state index is 12.9. The van der Waals surface area contributed by atoms with Crippen LogP contribution in [0.1, 0.15) is 46.5 Å². The second-order valence-corrected chi connectivity index (χ2v) is 8.03. The number of halogens is 1. The van der Waals surface area contributed by atoms with Gasteiger partial charge in [-0.1, -0.05) is 12.1 Å². The summed E-state index contributed by atoms with van der Waals surface area (Å²) in [5, 5.41) is 4.84. The van der Waals surface area contributed by atoms with Gasteiger partial charge >= 0.3 is 0 Å². The maximum atomic E-state index is 12.9. The summed E-state index contributed by atoms with van der Waals surface area (Å²) in [4.78, 5) is 27.4. The van der Waals surface area contributed by atoms with Gasteiger partial charge < -0.3 is 10.2 Å². The minimum Gasteiger partial charge on any atom is -0.352 e. The zero-order valence-corrected chi connectivity index (χ0v) is 16.4. The molecule has 1 fully saturated rings. The van der Waals surface area contributed by atoms with Crippen LogP contribution >= 0.6 is 11.3 Å². The number of rotatable bonds is 6. The van der Waals surface area contributed by atoms with E-state index in [4.69, 9.17) is 0 Å². The molecule has 0 aliphatic carbocycles. The number of nitrogens with one attached hydrogen (secondary N) is 1. The molecule has 0 radical (unpaired) electrons. The number of aryl methyl sites for hydroxylation is 1. The van der Waals surface area contributed by atoms with Crippen LogP contribution in [0.2, 0.25) is 0 Å². The number of hydrogen-bond donors (Lipinski definition) is 1. The van der Waals surface area contributed by atoms with E-state index < -0.39 is 0 Å². The van der Waals surface area contributed by atoms with Crippen molar-refractivity contribution in [3.05, 3.63) is 57.5 Å². The van der Waals surface area contributed by atoms with Crippen molar-refractivity contribution in [3.8, 4) is 0 Å². The van der Waals surface area contributed by atoms with Crippen LogP contribution in [0.4, 0.5) is 4.39 Å². The molecule has 27 heavy (non-hydrogen) atoms. The van der Waals surface area contributed by atoms with E-state index in [2.05, 4.69) is 5.32 Å². The monoisotopic (exact) mass is 388 g/mol. The van der Waals surface area contributed by atoms with Gasteiger partial charge in [0.05, 0.1) is 4.88 Å². The van der Waals surface area contributed by atoms with Gasteiger partial charge in [-0.15, -0.1) is 11.3 Å². The van der Waals surface area contributed by atoms with Gasteiger partial charge in [0.25, 0.3) is 5.91 Å². The smallest absolute Gasteiger partial charge is 0.264 e. The standard InChI is InChI=1S/C21H25FN2O2S/c1-15-10-13-27-20(15)21(26)24-11-8-16(9-12-24)4-7-19(25)23-14-17-2-5-18(22)6-3-17/h2-3,5-6,10,13,16H,4,7-9,11-12,14H2,1H3,(H,23,25). The van der Waals surface area contributed by atoms with Crippen LogP contribution in [-0.4, -0.2) is 29.8 Å². The third-order valence-corrected chi connectivity index (χ3v) is 6.15. The van der Waals surface area contributed by atoms with E-state index in [0.717, 1.165) is 48.4 Å². The Kier molecular flexibility index (Phi) is 6.61. The molecule has 0 spiro atoms. The van der Waals surface area contributed by atoms with Crippen LogP contribution in [0.15, 0.2) is 35.7 Å². The molecule has 1 aromatic heterocycles. The van der Waals surface area contributed by atoms with E-state index in [-0.39, 0.29) is 17.6 Å². The number of hydrogen-bond acceptors (Lipinski definition) is 3. The Balaban J connectivity index is 1.36. The summed E-state index contributed by atoms with van der Waals surface area (Å²) in [5.41, 5.74) is 1.94. The van der Waals surface area contributed by atoms with Gasteiger partial charge in [0.2, 0.25) is 5.91 Å². The highest BCUT2D eigenvalue weighted by molar-refractivity contribution is 7.12. The molecule has 4 nitrogen and oxygen atoms in total. The fourth-order valence-electron chi connectivity index (χ4n) is 3.39. The van der Waals surface area contributed by atoms with E-state index in [1.54, 1.807) is 12.1 Å². The Labute approximate surface area is 163 Å². The van der Waals surface area contributed by atoms with Gasteiger partial charge in [-0.05, 0) is 66.8 Å². The second kappa shape index (κ2) is 9.13. The first-order valence-electron chi connectivity index (χ1n) is 9.37. The quantitative estimate of drug-likeness (QED) is 0.808. The van der Waals surface area contributed by atoms with Crippen molar-refractivity contribution >= 4 is 23.2 Å². The molecule has 2 heterocycles. The number of likely N-dealkylation sites (tertiary alicyclic amines) is 1. The Bertz CT molecular complexity index is 780. The van der Waals surface area contributed by atoms with Gasteiger partial charge in [0, 0.05) is 26.1 Å². The molecule has 0 atom stereocenters. The molecule has 1 N–H and O–H groups in total. The van der Waals surface area contributed by atoms with Crippen molar-refractivity contribution in [1.29, 1.82) is 0 Å². The van der Waals surface area contributed by atoms with Crippen molar-refractivity contribution in [2.75, 3.05) is 13.1 Å². The van der Waals surface area contributed by atoms with E-state index in [1.807, 2.05) is 23.3 Å². The van der Waals surface area contributed by atoms with E-state index in [0.29, 0.717) is 18.9 Å². The zero-order chi connectivity index (χ0) is 19.2. The Morgan fingerprint density at radius 1 is 1.19 bits per heavy atom. The van der Waals surface area contributed by atoms with Crippen molar-refractivity contribution < 1.29 is 14.0 Å². The van der Waals surface area contributed by atoms with E-state index in [1.165, 1.54) is 23.5 Å². The molecule has 2 amide bonds. The minimum absolute atomic E-state index is 0.0204. The van der Waals surface area contributed by atoms with Crippen LogP contribution in [0.25, 0.3) is 0 Å². The Morgan fingerprint density at radius 3 is 2.52 bits per heavy atom. The molecule has 0 unspecified atom stereocenters. The Hall–Kier alpha value is -2.21. The number of nitrogens with zero attached hydrogens (tertiary/aromatic N) is 1. The first kappa shape index (κ1) is 19.5. The number of carbonyl (C=O) groups excluding carboxylic acids is 2. The predicted octanol–water partition coefficient (Wildman–Crippen LogP) is 4.14. The van der Waals surface area contributed by atoms with Gasteiger partial charge in [0.1, 0.15) is 5.82 Å². The third kappa shape index (κ3) is 5.39. The average molecular weight is 389 g/mol. The molecule has 144 valence electrons. The van der Waals surface area contributed by atoms with Crippen LogP contribution in [0, 0.1) is 18.7 Å². The van der Waals surface area contributed by atoms with Crippen molar-refractivity contribution in [2.24, 2.45) is 5.92 Å². The highest BCUT2D eigenvalue weighted by atomic mass is 32.1. The van der Waals surface area contributed by atoms with Crippen LogP contribution in [0.5, 0.6) is 0 Å². The van der Waals surface area contributed by atoms with E-state index in [9.17, 15) is 14.0 Å². The lowest BCUT2D eigenvalue weighted by Crippen LogP contribution is -2.38. The summed E-state index contributed by atoms with van der Waals surface area (Å²) in [6.07, 6.45) is 3.22. The fraction of sp³-hybridized carbons (Fsp3) is 0.429. The summed E-state index contributed by atoms with van der Waals surface area (Å²) in [7, 11) is 0. The molecule has 6 heteroatoms. The largest absolute Gasteiger partial charge is 0.352 e.